The average molecular weight is 403 g/mol. The van der Waals surface area contributed by atoms with E-state index in [0.29, 0.717) is 11.5 Å². The molecule has 9 heteroatoms. The standard InChI is InChI=1S/C19H26N6O2S/c1-13(2)25(14(3)4)28(26,27)18-7-8-19(21-12-18)23-22-11-16-9-17(10-20)24(6)15(16)5/h7-9,11-14H,1-6H3,(H,21,23)/b22-11-. The average Bonchev–Trinajstić information content (AvgIpc) is 2.89. The summed E-state index contributed by atoms with van der Waals surface area (Å²) < 4.78 is 28.9. The number of nitrogens with one attached hydrogen (secondary N) is 1. The second-order valence-electron chi connectivity index (χ2n) is 7.01. The molecule has 2 aromatic heterocycles. The smallest absolute Gasteiger partial charge is 0.245 e. The first-order chi connectivity index (χ1) is 13.1. The van der Waals surface area contributed by atoms with Crippen LogP contribution in [0.3, 0.4) is 0 Å². The fourth-order valence-electron chi connectivity index (χ4n) is 3.00. The number of pyridine rings is 1. The highest BCUT2D eigenvalue weighted by molar-refractivity contribution is 7.89. The van der Waals surface area contributed by atoms with Crippen LogP contribution in [-0.2, 0) is 17.1 Å². The number of hydrazone groups is 1. The van der Waals surface area contributed by atoms with Crippen molar-refractivity contribution in [2.45, 2.75) is 51.6 Å². The van der Waals surface area contributed by atoms with Crippen LogP contribution in [-0.4, -0.2) is 40.6 Å². The lowest BCUT2D eigenvalue weighted by Gasteiger charge is -2.29. The third-order valence-corrected chi connectivity index (χ3v) is 6.64. The van der Waals surface area contributed by atoms with E-state index in [1.54, 1.807) is 22.9 Å². The molecule has 8 nitrogen and oxygen atoms in total. The predicted octanol–water partition coefficient (Wildman–Crippen LogP) is 2.85. The minimum Gasteiger partial charge on any atom is -0.339 e. The predicted molar refractivity (Wildman–Crippen MR) is 110 cm³/mol. The van der Waals surface area contributed by atoms with E-state index in [2.05, 4.69) is 21.6 Å². The van der Waals surface area contributed by atoms with Crippen molar-refractivity contribution in [1.82, 2.24) is 13.9 Å². The van der Waals surface area contributed by atoms with Gasteiger partial charge < -0.3 is 4.57 Å². The molecule has 0 fully saturated rings. The van der Waals surface area contributed by atoms with Crippen LogP contribution in [0.5, 0.6) is 0 Å². The molecule has 1 N–H and O–H groups in total. The second-order valence-corrected chi connectivity index (χ2v) is 8.86. The fourth-order valence-corrected chi connectivity index (χ4v) is 4.78. The minimum absolute atomic E-state index is 0.141. The first kappa shape index (κ1) is 21.6. The first-order valence-electron chi connectivity index (χ1n) is 8.94. The lowest BCUT2D eigenvalue weighted by atomic mass is 10.3. The van der Waals surface area contributed by atoms with Gasteiger partial charge in [-0.15, -0.1) is 0 Å². The summed E-state index contributed by atoms with van der Waals surface area (Å²) in [7, 11) is -1.80. The Hall–Kier alpha value is -2.70. The third kappa shape index (κ3) is 4.40. The number of sulfonamides is 1. The monoisotopic (exact) mass is 402 g/mol. The van der Waals surface area contributed by atoms with Gasteiger partial charge in [-0.05, 0) is 52.8 Å². The largest absolute Gasteiger partial charge is 0.339 e. The number of hydrogen-bond donors (Lipinski definition) is 1. The van der Waals surface area contributed by atoms with Gasteiger partial charge in [0, 0.05) is 36.6 Å². The van der Waals surface area contributed by atoms with E-state index < -0.39 is 10.0 Å². The summed E-state index contributed by atoms with van der Waals surface area (Å²) in [5, 5.41) is 13.2. The number of nitriles is 1. The van der Waals surface area contributed by atoms with Gasteiger partial charge in [0.2, 0.25) is 10.0 Å². The molecule has 0 aliphatic rings. The molecule has 0 atom stereocenters. The quantitative estimate of drug-likeness (QED) is 0.566. The van der Waals surface area contributed by atoms with Crippen LogP contribution in [0, 0.1) is 18.3 Å². The first-order valence-corrected chi connectivity index (χ1v) is 10.4. The van der Waals surface area contributed by atoms with Crippen molar-refractivity contribution >= 4 is 22.1 Å². The molecule has 2 rings (SSSR count). The summed E-state index contributed by atoms with van der Waals surface area (Å²) in [5.74, 6) is 0.421. The lowest BCUT2D eigenvalue weighted by molar-refractivity contribution is 0.302. The molecule has 0 saturated carbocycles. The summed E-state index contributed by atoms with van der Waals surface area (Å²) in [5.41, 5.74) is 5.06. The van der Waals surface area contributed by atoms with Gasteiger partial charge in [0.05, 0.1) is 6.21 Å². The van der Waals surface area contributed by atoms with Crippen molar-refractivity contribution in [1.29, 1.82) is 5.26 Å². The maximum Gasteiger partial charge on any atom is 0.245 e. The van der Waals surface area contributed by atoms with Crippen molar-refractivity contribution in [3.63, 3.8) is 0 Å². The van der Waals surface area contributed by atoms with Crippen molar-refractivity contribution in [2.24, 2.45) is 12.1 Å². The van der Waals surface area contributed by atoms with E-state index in [4.69, 9.17) is 5.26 Å². The Morgan fingerprint density at radius 3 is 2.39 bits per heavy atom. The number of aromatic nitrogens is 2. The Labute approximate surface area is 166 Å². The number of rotatable bonds is 7. The zero-order valence-electron chi connectivity index (χ0n) is 17.0. The highest BCUT2D eigenvalue weighted by Gasteiger charge is 2.29. The Morgan fingerprint density at radius 2 is 1.93 bits per heavy atom. The maximum atomic E-state index is 12.8. The molecule has 0 aromatic carbocycles. The van der Waals surface area contributed by atoms with Gasteiger partial charge in [0.15, 0.2) is 0 Å². The summed E-state index contributed by atoms with van der Waals surface area (Å²) in [4.78, 5) is 4.29. The van der Waals surface area contributed by atoms with E-state index >= 15 is 0 Å². The molecule has 0 bridgehead atoms. The van der Waals surface area contributed by atoms with Gasteiger partial charge in [-0.25, -0.2) is 13.4 Å². The van der Waals surface area contributed by atoms with Crippen LogP contribution >= 0.6 is 0 Å². The zero-order valence-corrected chi connectivity index (χ0v) is 17.8. The molecule has 2 aromatic rings. The molecule has 0 aliphatic carbocycles. The number of nitrogens with zero attached hydrogens (tertiary/aromatic N) is 5. The summed E-state index contributed by atoms with van der Waals surface area (Å²) in [6, 6.07) is 6.64. The minimum atomic E-state index is -3.62. The van der Waals surface area contributed by atoms with Gasteiger partial charge >= 0.3 is 0 Å². The van der Waals surface area contributed by atoms with E-state index in [0.717, 1.165) is 11.3 Å². The van der Waals surface area contributed by atoms with Gasteiger partial charge in [0.25, 0.3) is 0 Å². The van der Waals surface area contributed by atoms with Crippen molar-refractivity contribution in [3.05, 3.63) is 41.3 Å². The Balaban J connectivity index is 2.16. The van der Waals surface area contributed by atoms with Gasteiger partial charge in [-0.1, -0.05) is 0 Å². The summed E-state index contributed by atoms with van der Waals surface area (Å²) in [6.07, 6.45) is 2.92. The van der Waals surface area contributed by atoms with Gasteiger partial charge in [0.1, 0.15) is 22.5 Å². The molecule has 0 amide bonds. The molecular weight excluding hydrogens is 376 g/mol. The number of anilines is 1. The molecule has 0 radical (unpaired) electrons. The van der Waals surface area contributed by atoms with E-state index in [9.17, 15) is 8.42 Å². The Kier molecular flexibility index (Phi) is 6.59. The molecule has 150 valence electrons. The molecule has 0 saturated heterocycles. The molecule has 0 aliphatic heterocycles. The summed E-state index contributed by atoms with van der Waals surface area (Å²) >= 11 is 0. The summed E-state index contributed by atoms with van der Waals surface area (Å²) in [6.45, 7) is 9.28. The van der Waals surface area contributed by atoms with Crippen molar-refractivity contribution in [2.75, 3.05) is 5.43 Å². The normalized spacial score (nSPS) is 12.3. The van der Waals surface area contributed by atoms with Crippen molar-refractivity contribution < 1.29 is 8.42 Å². The van der Waals surface area contributed by atoms with E-state index in [1.165, 1.54) is 16.6 Å². The van der Waals surface area contributed by atoms with Crippen LogP contribution in [0.15, 0.2) is 34.4 Å². The topological polar surface area (TPSA) is 103 Å². The number of hydrogen-bond acceptors (Lipinski definition) is 6. The second kappa shape index (κ2) is 8.54. The van der Waals surface area contributed by atoms with E-state index in [-0.39, 0.29) is 17.0 Å². The fraction of sp³-hybridized carbons (Fsp3) is 0.421. The van der Waals surface area contributed by atoms with Crippen LogP contribution in [0.1, 0.15) is 44.6 Å². The molecule has 0 unspecified atom stereocenters. The SMILES string of the molecule is Cc1c(/C=N\Nc2ccc(S(=O)(=O)N(C(C)C)C(C)C)cn2)cc(C#N)n1C. The molecule has 2 heterocycles. The van der Waals surface area contributed by atoms with Crippen LogP contribution in [0.25, 0.3) is 0 Å². The van der Waals surface area contributed by atoms with Gasteiger partial charge in [-0.3, -0.25) is 5.43 Å². The van der Waals surface area contributed by atoms with Crippen molar-refractivity contribution in [3.8, 4) is 6.07 Å². The third-order valence-electron chi connectivity index (χ3n) is 4.40. The molecular formula is C19H26N6O2S. The maximum absolute atomic E-state index is 12.8. The highest BCUT2D eigenvalue weighted by Crippen LogP contribution is 2.21. The zero-order chi connectivity index (χ0) is 21.1. The molecule has 28 heavy (non-hydrogen) atoms. The lowest BCUT2D eigenvalue weighted by Crippen LogP contribution is -2.41. The molecule has 0 spiro atoms. The van der Waals surface area contributed by atoms with Gasteiger partial charge in [-0.2, -0.15) is 14.7 Å². The van der Waals surface area contributed by atoms with Crippen LogP contribution < -0.4 is 5.43 Å². The highest BCUT2D eigenvalue weighted by atomic mass is 32.2. The Bertz CT molecular complexity index is 990. The van der Waals surface area contributed by atoms with Crippen LogP contribution in [0.2, 0.25) is 0 Å². The van der Waals surface area contributed by atoms with Crippen LogP contribution in [0.4, 0.5) is 5.82 Å². The Morgan fingerprint density at radius 1 is 1.29 bits per heavy atom. The van der Waals surface area contributed by atoms with E-state index in [1.807, 2.05) is 41.7 Å².